The summed E-state index contributed by atoms with van der Waals surface area (Å²) >= 11 is 4.22. The number of hydrogen-bond acceptors (Lipinski definition) is 4. The Bertz CT molecular complexity index is 684. The fourth-order valence-electron chi connectivity index (χ4n) is 1.87. The molecule has 1 N–H and O–H groups in total. The molecule has 0 saturated carbocycles. The number of aryl methyl sites for hydroxylation is 1. The maximum Gasteiger partial charge on any atom is 0.269 e. The summed E-state index contributed by atoms with van der Waals surface area (Å²) in [5.41, 5.74) is 2.27. The SMILES string of the molecule is Cc1ccc(S)cc1C(=O)NCc1ccc([N+](=O)[O-])cc1. The summed E-state index contributed by atoms with van der Waals surface area (Å²) in [6.45, 7) is 2.17. The van der Waals surface area contributed by atoms with E-state index in [2.05, 4.69) is 17.9 Å². The first-order chi connectivity index (χ1) is 9.97. The largest absolute Gasteiger partial charge is 0.348 e. The molecule has 1 amide bonds. The van der Waals surface area contributed by atoms with Crippen LogP contribution < -0.4 is 5.32 Å². The van der Waals surface area contributed by atoms with Crippen LogP contribution in [0.4, 0.5) is 5.69 Å². The van der Waals surface area contributed by atoms with Crippen LogP contribution in [0.15, 0.2) is 47.4 Å². The van der Waals surface area contributed by atoms with Gasteiger partial charge in [-0.2, -0.15) is 0 Å². The second-order valence-corrected chi connectivity index (χ2v) is 5.12. The second-order valence-electron chi connectivity index (χ2n) is 4.61. The quantitative estimate of drug-likeness (QED) is 0.518. The Hall–Kier alpha value is -2.34. The van der Waals surface area contributed by atoms with Crippen molar-refractivity contribution in [3.05, 3.63) is 69.3 Å². The van der Waals surface area contributed by atoms with Gasteiger partial charge in [0.2, 0.25) is 0 Å². The highest BCUT2D eigenvalue weighted by Gasteiger charge is 2.09. The predicted molar refractivity (Wildman–Crippen MR) is 82.7 cm³/mol. The van der Waals surface area contributed by atoms with E-state index in [4.69, 9.17) is 0 Å². The van der Waals surface area contributed by atoms with Crippen LogP contribution in [-0.4, -0.2) is 10.8 Å². The van der Waals surface area contributed by atoms with Crippen molar-refractivity contribution in [1.29, 1.82) is 0 Å². The van der Waals surface area contributed by atoms with E-state index in [1.54, 1.807) is 18.2 Å². The van der Waals surface area contributed by atoms with Gasteiger partial charge in [-0.15, -0.1) is 12.6 Å². The Balaban J connectivity index is 2.04. The smallest absolute Gasteiger partial charge is 0.269 e. The van der Waals surface area contributed by atoms with Gasteiger partial charge in [-0.25, -0.2) is 0 Å². The molecular formula is C15H14N2O3S. The van der Waals surface area contributed by atoms with Gasteiger partial charge in [0, 0.05) is 29.1 Å². The molecular weight excluding hydrogens is 288 g/mol. The van der Waals surface area contributed by atoms with E-state index in [1.807, 2.05) is 19.1 Å². The molecule has 6 heteroatoms. The van der Waals surface area contributed by atoms with E-state index in [-0.39, 0.29) is 11.6 Å². The van der Waals surface area contributed by atoms with Gasteiger partial charge in [-0.05, 0) is 30.2 Å². The van der Waals surface area contributed by atoms with Crippen molar-refractivity contribution in [2.45, 2.75) is 18.4 Å². The third-order valence-electron chi connectivity index (χ3n) is 3.07. The number of nitrogens with one attached hydrogen (secondary N) is 1. The topological polar surface area (TPSA) is 72.2 Å². The molecule has 0 aliphatic heterocycles. The highest BCUT2D eigenvalue weighted by Crippen LogP contribution is 2.15. The Morgan fingerprint density at radius 3 is 2.52 bits per heavy atom. The molecule has 5 nitrogen and oxygen atoms in total. The number of nitro groups is 1. The third-order valence-corrected chi connectivity index (χ3v) is 3.34. The first-order valence-corrected chi connectivity index (χ1v) is 6.73. The Kier molecular flexibility index (Phi) is 4.59. The Morgan fingerprint density at radius 2 is 1.90 bits per heavy atom. The highest BCUT2D eigenvalue weighted by atomic mass is 32.1. The van der Waals surface area contributed by atoms with E-state index in [0.29, 0.717) is 12.1 Å². The fourth-order valence-corrected chi connectivity index (χ4v) is 2.07. The zero-order valence-electron chi connectivity index (χ0n) is 11.4. The monoisotopic (exact) mass is 302 g/mol. The van der Waals surface area contributed by atoms with Crippen LogP contribution >= 0.6 is 12.6 Å². The number of rotatable bonds is 4. The molecule has 0 atom stereocenters. The summed E-state index contributed by atoms with van der Waals surface area (Å²) in [5.74, 6) is -0.193. The first kappa shape index (κ1) is 15.1. The fraction of sp³-hybridized carbons (Fsp3) is 0.133. The van der Waals surface area contributed by atoms with Crippen molar-refractivity contribution >= 4 is 24.2 Å². The van der Waals surface area contributed by atoms with Crippen molar-refractivity contribution < 1.29 is 9.72 Å². The molecule has 2 rings (SSSR count). The van der Waals surface area contributed by atoms with Crippen LogP contribution in [0.2, 0.25) is 0 Å². The van der Waals surface area contributed by atoms with Gasteiger partial charge in [0.25, 0.3) is 11.6 Å². The summed E-state index contributed by atoms with van der Waals surface area (Å²) in [6, 6.07) is 11.5. The minimum Gasteiger partial charge on any atom is -0.348 e. The van der Waals surface area contributed by atoms with E-state index in [9.17, 15) is 14.9 Å². The van der Waals surface area contributed by atoms with Crippen LogP contribution in [0.25, 0.3) is 0 Å². The van der Waals surface area contributed by atoms with Gasteiger partial charge in [-0.1, -0.05) is 18.2 Å². The number of non-ortho nitro benzene ring substituents is 1. The van der Waals surface area contributed by atoms with E-state index in [0.717, 1.165) is 16.0 Å². The van der Waals surface area contributed by atoms with Gasteiger partial charge in [0.15, 0.2) is 0 Å². The minimum atomic E-state index is -0.454. The standard InChI is InChI=1S/C15H14N2O3S/c1-10-2-7-13(21)8-14(10)15(18)16-9-11-3-5-12(6-4-11)17(19)20/h2-8,21H,9H2,1H3,(H,16,18). The van der Waals surface area contributed by atoms with Gasteiger partial charge in [0.1, 0.15) is 0 Å². The van der Waals surface area contributed by atoms with Crippen LogP contribution in [0, 0.1) is 17.0 Å². The van der Waals surface area contributed by atoms with Gasteiger partial charge in [-0.3, -0.25) is 14.9 Å². The molecule has 2 aromatic carbocycles. The lowest BCUT2D eigenvalue weighted by molar-refractivity contribution is -0.384. The maximum atomic E-state index is 12.1. The van der Waals surface area contributed by atoms with Crippen LogP contribution in [0.5, 0.6) is 0 Å². The van der Waals surface area contributed by atoms with Crippen molar-refractivity contribution in [2.24, 2.45) is 0 Å². The van der Waals surface area contributed by atoms with Gasteiger partial charge < -0.3 is 5.32 Å². The van der Waals surface area contributed by atoms with Gasteiger partial charge in [0.05, 0.1) is 4.92 Å². The lowest BCUT2D eigenvalue weighted by Crippen LogP contribution is -2.23. The molecule has 0 bridgehead atoms. The van der Waals surface area contributed by atoms with Crippen molar-refractivity contribution in [3.8, 4) is 0 Å². The molecule has 0 radical (unpaired) electrons. The second kappa shape index (κ2) is 6.41. The van der Waals surface area contributed by atoms with Crippen LogP contribution in [0.3, 0.4) is 0 Å². The minimum absolute atomic E-state index is 0.0312. The summed E-state index contributed by atoms with van der Waals surface area (Å²) in [4.78, 5) is 22.9. The summed E-state index contributed by atoms with van der Waals surface area (Å²) < 4.78 is 0. The van der Waals surface area contributed by atoms with Crippen molar-refractivity contribution in [1.82, 2.24) is 5.32 Å². The average Bonchev–Trinajstić information content (AvgIpc) is 2.47. The van der Waals surface area contributed by atoms with E-state index >= 15 is 0 Å². The predicted octanol–water partition coefficient (Wildman–Crippen LogP) is 3.12. The molecule has 0 fully saturated rings. The molecule has 0 aliphatic carbocycles. The molecule has 0 unspecified atom stereocenters. The normalized spacial score (nSPS) is 10.2. The third kappa shape index (κ3) is 3.82. The highest BCUT2D eigenvalue weighted by molar-refractivity contribution is 7.80. The summed E-state index contributed by atoms with van der Waals surface area (Å²) in [7, 11) is 0. The van der Waals surface area contributed by atoms with Crippen molar-refractivity contribution in [2.75, 3.05) is 0 Å². The number of amides is 1. The molecule has 0 saturated heterocycles. The first-order valence-electron chi connectivity index (χ1n) is 6.28. The van der Waals surface area contributed by atoms with Gasteiger partial charge >= 0.3 is 0 Å². The zero-order chi connectivity index (χ0) is 15.4. The Labute approximate surface area is 127 Å². The molecule has 0 heterocycles. The molecule has 0 aliphatic rings. The molecule has 21 heavy (non-hydrogen) atoms. The van der Waals surface area contributed by atoms with Crippen molar-refractivity contribution in [3.63, 3.8) is 0 Å². The Morgan fingerprint density at radius 1 is 1.24 bits per heavy atom. The lowest BCUT2D eigenvalue weighted by Gasteiger charge is -2.08. The average molecular weight is 302 g/mol. The number of nitro benzene ring substituents is 1. The maximum absolute atomic E-state index is 12.1. The number of nitrogens with zero attached hydrogens (tertiary/aromatic N) is 1. The number of thiol groups is 1. The van der Waals surface area contributed by atoms with E-state index < -0.39 is 4.92 Å². The molecule has 108 valence electrons. The number of carbonyl (C=O) groups excluding carboxylic acids is 1. The van der Waals surface area contributed by atoms with E-state index in [1.165, 1.54) is 12.1 Å². The zero-order valence-corrected chi connectivity index (χ0v) is 12.3. The number of carbonyl (C=O) groups is 1. The van der Waals surface area contributed by atoms with Crippen LogP contribution in [-0.2, 0) is 6.54 Å². The number of benzene rings is 2. The summed E-state index contributed by atoms with van der Waals surface area (Å²) in [5, 5.41) is 13.4. The molecule has 0 spiro atoms. The lowest BCUT2D eigenvalue weighted by atomic mass is 10.1. The van der Waals surface area contributed by atoms with Crippen LogP contribution in [0.1, 0.15) is 21.5 Å². The molecule has 2 aromatic rings. The molecule has 0 aromatic heterocycles. The number of hydrogen-bond donors (Lipinski definition) is 2. The summed E-state index contributed by atoms with van der Waals surface area (Å²) in [6.07, 6.45) is 0.